The van der Waals surface area contributed by atoms with Crippen molar-refractivity contribution >= 4 is 40.5 Å². The van der Waals surface area contributed by atoms with Gasteiger partial charge in [-0.15, -0.1) is 0 Å². The number of nitrogens with zero attached hydrogens (tertiary/aromatic N) is 1. The number of hydrogen-bond donors (Lipinski definition) is 5. The SMILES string of the molecule is OCC1=C[C@H](NCc2cccnc2)[C@H](O)C(O)[C@@H]1O.S.S.S. The minimum atomic E-state index is -1.31. The molecule has 0 fully saturated rings. The van der Waals surface area contributed by atoms with E-state index in [-0.39, 0.29) is 47.1 Å². The minimum absolute atomic E-state index is 0. The summed E-state index contributed by atoms with van der Waals surface area (Å²) in [5.41, 5.74) is 1.25. The van der Waals surface area contributed by atoms with E-state index in [4.69, 9.17) is 5.11 Å². The zero-order valence-electron chi connectivity index (χ0n) is 11.8. The normalized spacial score (nSPS) is 26.8. The largest absolute Gasteiger partial charge is 0.392 e. The van der Waals surface area contributed by atoms with Crippen LogP contribution in [0.15, 0.2) is 36.2 Å². The maximum absolute atomic E-state index is 9.88. The summed E-state index contributed by atoms with van der Waals surface area (Å²) in [6, 6.07) is 3.17. The molecule has 1 aromatic rings. The summed E-state index contributed by atoms with van der Waals surface area (Å²) in [6.07, 6.45) is 1.27. The molecule has 1 aliphatic rings. The summed E-state index contributed by atoms with van der Waals surface area (Å²) >= 11 is 0. The van der Waals surface area contributed by atoms with Crippen LogP contribution in [-0.4, -0.2) is 56.4 Å². The maximum atomic E-state index is 9.88. The van der Waals surface area contributed by atoms with E-state index in [9.17, 15) is 15.3 Å². The molecule has 1 unspecified atom stereocenters. The number of rotatable bonds is 4. The van der Waals surface area contributed by atoms with Crippen LogP contribution >= 0.6 is 40.5 Å². The second-order valence-corrected chi connectivity index (χ2v) is 4.59. The first-order valence-corrected chi connectivity index (χ1v) is 6.11. The van der Waals surface area contributed by atoms with Crippen molar-refractivity contribution in [3.63, 3.8) is 0 Å². The Balaban J connectivity index is 0. The van der Waals surface area contributed by atoms with E-state index in [2.05, 4.69) is 10.3 Å². The van der Waals surface area contributed by atoms with Gasteiger partial charge in [-0.1, -0.05) is 12.1 Å². The Morgan fingerprint density at radius 2 is 1.77 bits per heavy atom. The van der Waals surface area contributed by atoms with Crippen molar-refractivity contribution in [3.8, 4) is 0 Å². The van der Waals surface area contributed by atoms with Crippen LogP contribution in [0.5, 0.6) is 0 Å². The fourth-order valence-electron chi connectivity index (χ4n) is 2.11. The number of aliphatic hydroxyl groups is 4. The molecule has 6 nitrogen and oxygen atoms in total. The van der Waals surface area contributed by atoms with Crippen LogP contribution in [0.1, 0.15) is 5.56 Å². The second-order valence-electron chi connectivity index (χ2n) is 4.59. The van der Waals surface area contributed by atoms with E-state index in [1.54, 1.807) is 18.5 Å². The molecule has 9 heteroatoms. The van der Waals surface area contributed by atoms with Gasteiger partial charge < -0.3 is 25.7 Å². The first kappa shape index (κ1) is 24.0. The Morgan fingerprint density at radius 3 is 2.32 bits per heavy atom. The molecule has 0 aliphatic heterocycles. The number of pyridine rings is 1. The minimum Gasteiger partial charge on any atom is -0.392 e. The lowest BCUT2D eigenvalue weighted by Crippen LogP contribution is -2.53. The van der Waals surface area contributed by atoms with Crippen molar-refractivity contribution in [1.29, 1.82) is 0 Å². The molecular weight excluding hydrogens is 344 g/mol. The van der Waals surface area contributed by atoms with E-state index in [0.717, 1.165) is 5.56 Å². The average molecular weight is 369 g/mol. The first-order chi connectivity index (χ1) is 9.13. The third kappa shape index (κ3) is 5.74. The van der Waals surface area contributed by atoms with E-state index < -0.39 is 24.4 Å². The van der Waals surface area contributed by atoms with E-state index in [0.29, 0.717) is 12.1 Å². The van der Waals surface area contributed by atoms with Gasteiger partial charge in [0.25, 0.3) is 0 Å². The molecule has 22 heavy (non-hydrogen) atoms. The Morgan fingerprint density at radius 1 is 1.09 bits per heavy atom. The standard InChI is InChI=1S/C13H18N2O4.3H2S/c16-7-9-4-10(12(18)13(19)11(9)17)15-6-8-2-1-3-14-5-8;;;/h1-5,10-13,15-19H,6-7H2;3*1H2/t10-,11+,12-,13?;;;/m0.../s1. The highest BCUT2D eigenvalue weighted by Gasteiger charge is 2.36. The molecule has 0 amide bonds. The molecule has 0 radical (unpaired) electrons. The second kappa shape index (κ2) is 11.3. The zero-order chi connectivity index (χ0) is 13.8. The smallest absolute Gasteiger partial charge is 0.111 e. The van der Waals surface area contributed by atoms with Crippen molar-refractivity contribution < 1.29 is 20.4 Å². The van der Waals surface area contributed by atoms with Crippen molar-refractivity contribution in [3.05, 3.63) is 41.7 Å². The Kier molecular flexibility index (Phi) is 12.3. The fourth-order valence-corrected chi connectivity index (χ4v) is 2.11. The van der Waals surface area contributed by atoms with Gasteiger partial charge in [0.1, 0.15) is 18.3 Å². The van der Waals surface area contributed by atoms with E-state index in [1.807, 2.05) is 12.1 Å². The van der Waals surface area contributed by atoms with Crippen LogP contribution in [0.2, 0.25) is 0 Å². The van der Waals surface area contributed by atoms with Crippen molar-refractivity contribution in [1.82, 2.24) is 10.3 Å². The molecule has 0 aromatic carbocycles. The van der Waals surface area contributed by atoms with Gasteiger partial charge in [-0.25, -0.2) is 0 Å². The predicted molar refractivity (Wildman–Crippen MR) is 99.2 cm³/mol. The third-order valence-electron chi connectivity index (χ3n) is 3.26. The van der Waals surface area contributed by atoms with Gasteiger partial charge in [-0.05, 0) is 17.2 Å². The Hall–Kier alpha value is -0.260. The molecule has 0 saturated carbocycles. The molecule has 1 aliphatic carbocycles. The number of aliphatic hydroxyl groups excluding tert-OH is 4. The van der Waals surface area contributed by atoms with Gasteiger partial charge >= 0.3 is 0 Å². The Labute approximate surface area is 150 Å². The summed E-state index contributed by atoms with van der Waals surface area (Å²) in [5, 5.41) is 41.4. The summed E-state index contributed by atoms with van der Waals surface area (Å²) in [4.78, 5) is 3.98. The van der Waals surface area contributed by atoms with E-state index >= 15 is 0 Å². The first-order valence-electron chi connectivity index (χ1n) is 6.11. The number of aromatic nitrogens is 1. The highest BCUT2D eigenvalue weighted by Crippen LogP contribution is 2.20. The maximum Gasteiger partial charge on any atom is 0.111 e. The monoisotopic (exact) mass is 368 g/mol. The highest BCUT2D eigenvalue weighted by molar-refractivity contribution is 7.59. The average Bonchev–Trinajstić information content (AvgIpc) is 2.45. The molecule has 1 aromatic heterocycles. The van der Waals surface area contributed by atoms with Crippen LogP contribution in [0.25, 0.3) is 0 Å². The molecule has 0 bridgehead atoms. The van der Waals surface area contributed by atoms with Gasteiger partial charge in [0.2, 0.25) is 0 Å². The molecule has 0 saturated heterocycles. The van der Waals surface area contributed by atoms with Crippen LogP contribution in [0.3, 0.4) is 0 Å². The van der Waals surface area contributed by atoms with Gasteiger partial charge in [-0.2, -0.15) is 40.5 Å². The molecule has 4 atom stereocenters. The van der Waals surface area contributed by atoms with Crippen molar-refractivity contribution in [2.24, 2.45) is 0 Å². The molecular formula is C13H24N2O4S3. The van der Waals surface area contributed by atoms with E-state index in [1.165, 1.54) is 0 Å². The molecule has 1 heterocycles. The van der Waals surface area contributed by atoms with Crippen molar-refractivity contribution in [2.75, 3.05) is 6.61 Å². The van der Waals surface area contributed by atoms with Gasteiger partial charge in [0.05, 0.1) is 12.6 Å². The fraction of sp³-hybridized carbons (Fsp3) is 0.462. The summed E-state index contributed by atoms with van der Waals surface area (Å²) in [7, 11) is 0. The van der Waals surface area contributed by atoms with Crippen LogP contribution in [0.4, 0.5) is 0 Å². The molecule has 2 rings (SSSR count). The Bertz CT molecular complexity index is 450. The third-order valence-corrected chi connectivity index (χ3v) is 3.26. The van der Waals surface area contributed by atoms with Crippen LogP contribution < -0.4 is 5.32 Å². The molecule has 128 valence electrons. The summed E-state index contributed by atoms with van der Waals surface area (Å²) < 4.78 is 0. The predicted octanol–water partition coefficient (Wildman–Crippen LogP) is -1.11. The molecule has 5 N–H and O–H groups in total. The lowest BCUT2D eigenvalue weighted by Gasteiger charge is -2.34. The quantitative estimate of drug-likeness (QED) is 0.432. The van der Waals surface area contributed by atoms with Gasteiger partial charge in [0, 0.05) is 18.9 Å². The van der Waals surface area contributed by atoms with Crippen LogP contribution in [-0.2, 0) is 6.54 Å². The topological polar surface area (TPSA) is 106 Å². The lowest BCUT2D eigenvalue weighted by molar-refractivity contribution is -0.0643. The number of hydrogen-bond acceptors (Lipinski definition) is 6. The summed E-state index contributed by atoms with van der Waals surface area (Å²) in [6.45, 7) is 0.115. The van der Waals surface area contributed by atoms with Gasteiger partial charge in [-0.3, -0.25) is 4.98 Å². The lowest BCUT2D eigenvalue weighted by atomic mass is 9.88. The highest BCUT2D eigenvalue weighted by atomic mass is 32.1. The molecule has 0 spiro atoms. The van der Waals surface area contributed by atoms with Gasteiger partial charge in [0.15, 0.2) is 0 Å². The zero-order valence-corrected chi connectivity index (χ0v) is 14.8. The number of nitrogens with one attached hydrogen (secondary N) is 1. The summed E-state index contributed by atoms with van der Waals surface area (Å²) in [5.74, 6) is 0. The van der Waals surface area contributed by atoms with Crippen LogP contribution in [0, 0.1) is 0 Å². The van der Waals surface area contributed by atoms with Crippen molar-refractivity contribution in [2.45, 2.75) is 30.9 Å².